The topological polar surface area (TPSA) is 149 Å². The molecule has 548 valence electrons. The van der Waals surface area contributed by atoms with Gasteiger partial charge in [-0.3, -0.25) is 4.79 Å². The molecule has 1 fully saturated rings. The van der Waals surface area contributed by atoms with Gasteiger partial charge >= 0.3 is 0 Å². The Bertz CT molecular complexity index is 1620. The van der Waals surface area contributed by atoms with Crippen LogP contribution in [-0.2, 0) is 14.3 Å². The molecule has 0 saturated carbocycles. The average molecular weight is 1310 g/mol. The van der Waals surface area contributed by atoms with Gasteiger partial charge in [-0.15, -0.1) is 0 Å². The lowest BCUT2D eigenvalue weighted by Gasteiger charge is -2.40. The van der Waals surface area contributed by atoms with E-state index in [4.69, 9.17) is 9.47 Å². The molecule has 0 aliphatic carbocycles. The van der Waals surface area contributed by atoms with Gasteiger partial charge < -0.3 is 40.3 Å². The minimum Gasteiger partial charge on any atom is -0.394 e. The smallest absolute Gasteiger partial charge is 0.220 e. The zero-order chi connectivity index (χ0) is 67.1. The second-order valence-electron chi connectivity index (χ2n) is 28.9. The van der Waals surface area contributed by atoms with Gasteiger partial charge in [0.05, 0.1) is 25.4 Å². The minimum absolute atomic E-state index is 0.182. The highest BCUT2D eigenvalue weighted by Gasteiger charge is 2.44. The first-order valence-electron chi connectivity index (χ1n) is 41.4. The van der Waals surface area contributed by atoms with E-state index in [0.717, 1.165) is 44.9 Å². The summed E-state index contributed by atoms with van der Waals surface area (Å²) >= 11 is 0. The van der Waals surface area contributed by atoms with E-state index in [0.29, 0.717) is 6.42 Å². The standard InChI is InChI=1S/C84H159NO8/c1-3-5-7-9-11-13-15-17-19-21-23-25-27-29-31-33-34-35-36-37-38-39-40-41-42-43-44-46-48-50-52-54-56-58-60-62-64-66-68-70-72-74-80(88)85-77(76-92-84-83(91)82(90)81(89)79(75-86)93-84)78(87)73-71-69-67-65-63-61-59-57-55-53-51-49-47-45-32-30-28-26-24-22-20-18-16-14-12-10-8-6-4-2/h21,23,55,57,63,65,71,73,77-79,81-84,86-87,89-91H,3-20,22,24-54,56,58-62,64,66-70,72,74-76H2,1-2H3,(H,85,88)/b23-21-,57-55+,65-63+,73-71+. The summed E-state index contributed by atoms with van der Waals surface area (Å²) < 4.78 is 11.3. The Morgan fingerprint density at radius 3 is 0.903 bits per heavy atom. The molecule has 6 N–H and O–H groups in total. The van der Waals surface area contributed by atoms with Gasteiger partial charge in [-0.25, -0.2) is 0 Å². The first-order valence-corrected chi connectivity index (χ1v) is 41.4. The zero-order valence-corrected chi connectivity index (χ0v) is 61.8. The van der Waals surface area contributed by atoms with Crippen molar-refractivity contribution in [3.63, 3.8) is 0 Å². The molecular formula is C84H159NO8. The zero-order valence-electron chi connectivity index (χ0n) is 61.8. The number of carbonyl (C=O) groups is 1. The Hall–Kier alpha value is -1.85. The maximum absolute atomic E-state index is 13.2. The number of amides is 1. The van der Waals surface area contributed by atoms with E-state index in [1.54, 1.807) is 6.08 Å². The molecule has 0 radical (unpaired) electrons. The van der Waals surface area contributed by atoms with Crippen LogP contribution in [0.3, 0.4) is 0 Å². The molecule has 1 aliphatic heterocycles. The van der Waals surface area contributed by atoms with Crippen molar-refractivity contribution in [1.29, 1.82) is 0 Å². The van der Waals surface area contributed by atoms with E-state index in [1.807, 2.05) is 6.08 Å². The second kappa shape index (κ2) is 72.9. The predicted molar refractivity (Wildman–Crippen MR) is 401 cm³/mol. The maximum Gasteiger partial charge on any atom is 0.220 e. The lowest BCUT2D eigenvalue weighted by Crippen LogP contribution is -2.60. The minimum atomic E-state index is -1.58. The normalized spacial score (nSPS) is 17.8. The van der Waals surface area contributed by atoms with Crippen LogP contribution in [0, 0.1) is 0 Å². The summed E-state index contributed by atoms with van der Waals surface area (Å²) in [5, 5.41) is 54.9. The fraction of sp³-hybridized carbons (Fsp3) is 0.893. The van der Waals surface area contributed by atoms with Crippen molar-refractivity contribution in [3.05, 3.63) is 48.6 Å². The van der Waals surface area contributed by atoms with Crippen LogP contribution in [0.4, 0.5) is 0 Å². The van der Waals surface area contributed by atoms with Crippen LogP contribution in [0.25, 0.3) is 0 Å². The monoisotopic (exact) mass is 1310 g/mol. The van der Waals surface area contributed by atoms with Gasteiger partial charge in [0.15, 0.2) is 6.29 Å². The Kier molecular flexibility index (Phi) is 69.9. The molecule has 0 aromatic rings. The van der Waals surface area contributed by atoms with Crippen LogP contribution < -0.4 is 5.32 Å². The molecule has 1 heterocycles. The van der Waals surface area contributed by atoms with Crippen LogP contribution in [0.5, 0.6) is 0 Å². The fourth-order valence-corrected chi connectivity index (χ4v) is 13.4. The summed E-state index contributed by atoms with van der Waals surface area (Å²) in [4.78, 5) is 13.2. The molecule has 0 spiro atoms. The van der Waals surface area contributed by atoms with Crippen molar-refractivity contribution in [2.24, 2.45) is 0 Å². The molecule has 93 heavy (non-hydrogen) atoms. The van der Waals surface area contributed by atoms with Gasteiger partial charge in [0, 0.05) is 6.42 Å². The highest BCUT2D eigenvalue weighted by molar-refractivity contribution is 5.76. The number of rotatable bonds is 74. The summed E-state index contributed by atoms with van der Waals surface area (Å²) in [5.74, 6) is -0.182. The Labute approximate surface area is 577 Å². The molecular weight excluding hydrogens is 1150 g/mol. The maximum atomic E-state index is 13.2. The number of unbranched alkanes of at least 4 members (excludes halogenated alkanes) is 58. The van der Waals surface area contributed by atoms with Crippen molar-refractivity contribution in [1.82, 2.24) is 5.32 Å². The largest absolute Gasteiger partial charge is 0.394 e. The Morgan fingerprint density at radius 2 is 0.613 bits per heavy atom. The molecule has 7 unspecified atom stereocenters. The van der Waals surface area contributed by atoms with Gasteiger partial charge in [-0.05, 0) is 70.6 Å². The van der Waals surface area contributed by atoms with E-state index in [-0.39, 0.29) is 12.5 Å². The van der Waals surface area contributed by atoms with E-state index < -0.39 is 49.5 Å². The highest BCUT2D eigenvalue weighted by atomic mass is 16.7. The Balaban J connectivity index is 2.05. The van der Waals surface area contributed by atoms with Crippen LogP contribution in [0.15, 0.2) is 48.6 Å². The summed E-state index contributed by atoms with van der Waals surface area (Å²) in [5.41, 5.74) is 0. The van der Waals surface area contributed by atoms with Crippen LogP contribution in [-0.4, -0.2) is 87.5 Å². The third-order valence-corrected chi connectivity index (χ3v) is 19.9. The molecule has 7 atom stereocenters. The summed E-state index contributed by atoms with van der Waals surface area (Å²) in [6.07, 6.45) is 94.3. The highest BCUT2D eigenvalue weighted by Crippen LogP contribution is 2.24. The van der Waals surface area contributed by atoms with Crippen molar-refractivity contribution >= 4 is 5.91 Å². The molecule has 9 nitrogen and oxygen atoms in total. The number of nitrogens with one attached hydrogen (secondary N) is 1. The molecule has 1 saturated heterocycles. The molecule has 1 rings (SSSR count). The van der Waals surface area contributed by atoms with Gasteiger partial charge in [-0.1, -0.05) is 396 Å². The van der Waals surface area contributed by atoms with Crippen LogP contribution in [0.1, 0.15) is 425 Å². The SMILES string of the molecule is CCCCCCCCCC/C=C\CCCCCCCCCCCCCCCCCCCCCCCCCCCCCCCC(=O)NC(COC1OC(CO)C(O)C(O)C1O)C(O)/C=C/CC/C=C/CC/C=C/CCCCCCCCCCCCCCCCCCCCC. The first-order chi connectivity index (χ1) is 45.8. The number of carbonyl (C=O) groups excluding carboxylic acids is 1. The molecule has 0 bridgehead atoms. The first kappa shape index (κ1) is 89.2. The molecule has 0 aromatic heterocycles. The number of aliphatic hydroxyl groups is 5. The fourth-order valence-electron chi connectivity index (χ4n) is 13.4. The van der Waals surface area contributed by atoms with Gasteiger partial charge in [0.2, 0.25) is 5.91 Å². The third-order valence-electron chi connectivity index (χ3n) is 19.9. The molecule has 1 amide bonds. The summed E-state index contributed by atoms with van der Waals surface area (Å²) in [7, 11) is 0. The van der Waals surface area contributed by atoms with Crippen molar-refractivity contribution in [2.45, 2.75) is 468 Å². The van der Waals surface area contributed by atoms with E-state index in [9.17, 15) is 30.3 Å². The molecule has 1 aliphatic rings. The second-order valence-corrected chi connectivity index (χ2v) is 28.9. The van der Waals surface area contributed by atoms with E-state index >= 15 is 0 Å². The average Bonchev–Trinajstić information content (AvgIpc) is 1.00. The van der Waals surface area contributed by atoms with Gasteiger partial charge in [0.1, 0.15) is 24.4 Å². The number of hydrogen-bond acceptors (Lipinski definition) is 8. The Morgan fingerprint density at radius 1 is 0.355 bits per heavy atom. The summed E-state index contributed by atoms with van der Waals surface area (Å²) in [6.45, 7) is 3.82. The van der Waals surface area contributed by atoms with Crippen LogP contribution >= 0.6 is 0 Å². The third kappa shape index (κ3) is 61.0. The quantitative estimate of drug-likeness (QED) is 0.0261. The number of aliphatic hydroxyl groups excluding tert-OH is 5. The van der Waals surface area contributed by atoms with Crippen LogP contribution in [0.2, 0.25) is 0 Å². The lowest BCUT2D eigenvalue weighted by atomic mass is 9.99. The molecule has 0 aromatic carbocycles. The van der Waals surface area contributed by atoms with Crippen molar-refractivity contribution < 1.29 is 39.8 Å². The van der Waals surface area contributed by atoms with Crippen molar-refractivity contribution in [3.8, 4) is 0 Å². The lowest BCUT2D eigenvalue weighted by molar-refractivity contribution is -0.302. The summed E-state index contributed by atoms with van der Waals surface area (Å²) in [6, 6.07) is -0.830. The van der Waals surface area contributed by atoms with Crippen molar-refractivity contribution in [2.75, 3.05) is 13.2 Å². The van der Waals surface area contributed by atoms with E-state index in [2.05, 4.69) is 55.6 Å². The molecule has 9 heteroatoms. The predicted octanol–water partition coefficient (Wildman–Crippen LogP) is 23.9. The van der Waals surface area contributed by atoms with E-state index in [1.165, 1.54) is 360 Å². The number of allylic oxidation sites excluding steroid dienone is 7. The van der Waals surface area contributed by atoms with Gasteiger partial charge in [0.25, 0.3) is 0 Å². The van der Waals surface area contributed by atoms with Gasteiger partial charge in [-0.2, -0.15) is 0 Å². The number of ether oxygens (including phenoxy) is 2. The number of hydrogen-bond donors (Lipinski definition) is 6.